The second kappa shape index (κ2) is 6.67. The first kappa shape index (κ1) is 15.8. The van der Waals surface area contributed by atoms with Crippen molar-refractivity contribution in [2.45, 2.75) is 39.0 Å². The normalized spacial score (nSPS) is 23.8. The molecule has 1 aliphatic carbocycles. The predicted molar refractivity (Wildman–Crippen MR) is 98.3 cm³/mol. The van der Waals surface area contributed by atoms with Gasteiger partial charge in [0.15, 0.2) is 0 Å². The molecule has 2 aromatic rings. The van der Waals surface area contributed by atoms with E-state index < -0.39 is 0 Å². The third-order valence-corrected chi connectivity index (χ3v) is 6.49. The van der Waals surface area contributed by atoms with E-state index in [-0.39, 0.29) is 5.91 Å². The van der Waals surface area contributed by atoms with E-state index in [9.17, 15) is 4.79 Å². The molecule has 126 valence electrons. The number of rotatable bonds is 2. The third kappa shape index (κ3) is 3.12. The van der Waals surface area contributed by atoms with Crippen LogP contribution in [-0.2, 0) is 0 Å². The molecule has 0 spiro atoms. The molecule has 2 heterocycles. The van der Waals surface area contributed by atoms with Crippen LogP contribution in [0.1, 0.15) is 48.2 Å². The summed E-state index contributed by atoms with van der Waals surface area (Å²) in [5.41, 5.74) is 2.95. The summed E-state index contributed by atoms with van der Waals surface area (Å²) < 4.78 is 0. The van der Waals surface area contributed by atoms with E-state index in [0.29, 0.717) is 11.6 Å². The molecule has 2 aliphatic rings. The number of benzene rings is 1. The summed E-state index contributed by atoms with van der Waals surface area (Å²) in [5, 5.41) is 2.86. The monoisotopic (exact) mass is 340 g/mol. The molecule has 2 fully saturated rings. The van der Waals surface area contributed by atoms with Crippen molar-refractivity contribution in [1.82, 2.24) is 9.88 Å². The second-order valence-electron chi connectivity index (χ2n) is 7.25. The topological polar surface area (TPSA) is 33.2 Å². The Morgan fingerprint density at radius 3 is 2.67 bits per heavy atom. The molecule has 0 radical (unpaired) electrons. The molecule has 0 bridgehead atoms. The first-order chi connectivity index (χ1) is 11.7. The van der Waals surface area contributed by atoms with Gasteiger partial charge in [0.05, 0.1) is 0 Å². The largest absolute Gasteiger partial charge is 0.337 e. The van der Waals surface area contributed by atoms with Crippen molar-refractivity contribution in [1.29, 1.82) is 0 Å². The molecule has 1 aromatic heterocycles. The van der Waals surface area contributed by atoms with Crippen LogP contribution in [0.3, 0.4) is 0 Å². The number of piperidine rings is 1. The zero-order valence-corrected chi connectivity index (χ0v) is 15.0. The molecule has 3 nitrogen and oxygen atoms in total. The number of amides is 1. The quantitative estimate of drug-likeness (QED) is 0.789. The highest BCUT2D eigenvalue weighted by molar-refractivity contribution is 7.13. The van der Waals surface area contributed by atoms with Crippen molar-refractivity contribution in [3.63, 3.8) is 0 Å². The van der Waals surface area contributed by atoms with E-state index >= 15 is 0 Å². The fourth-order valence-electron chi connectivity index (χ4n) is 4.15. The number of likely N-dealkylation sites (tertiary alicyclic amines) is 1. The van der Waals surface area contributed by atoms with E-state index in [1.165, 1.54) is 37.7 Å². The number of nitrogens with zero attached hydrogens (tertiary/aromatic N) is 2. The van der Waals surface area contributed by atoms with Crippen molar-refractivity contribution in [3.8, 4) is 10.6 Å². The first-order valence-corrected chi connectivity index (χ1v) is 9.90. The number of hydrogen-bond acceptors (Lipinski definition) is 3. The van der Waals surface area contributed by atoms with Gasteiger partial charge in [0.25, 0.3) is 5.91 Å². The van der Waals surface area contributed by atoms with Gasteiger partial charge in [-0.25, -0.2) is 4.98 Å². The Morgan fingerprint density at radius 2 is 1.88 bits per heavy atom. The second-order valence-corrected chi connectivity index (χ2v) is 8.11. The minimum Gasteiger partial charge on any atom is -0.337 e. The summed E-state index contributed by atoms with van der Waals surface area (Å²) in [6.07, 6.45) is 6.53. The van der Waals surface area contributed by atoms with E-state index in [2.05, 4.69) is 36.2 Å². The molecular formula is C20H24N2OS. The number of carbonyl (C=O) groups is 1. The molecule has 1 saturated carbocycles. The molecule has 4 rings (SSSR count). The van der Waals surface area contributed by atoms with Crippen LogP contribution in [0.25, 0.3) is 10.6 Å². The summed E-state index contributed by atoms with van der Waals surface area (Å²) in [4.78, 5) is 19.5. The SMILES string of the molecule is Cc1ccc(-c2nc(C(=O)N3CC[C@@H]4CCCC[C@@H]4C3)cs2)cc1. The maximum Gasteiger partial charge on any atom is 0.273 e. The zero-order chi connectivity index (χ0) is 16.5. The fraction of sp³-hybridized carbons (Fsp3) is 0.500. The van der Waals surface area contributed by atoms with Gasteiger partial charge in [-0.05, 0) is 31.6 Å². The summed E-state index contributed by atoms with van der Waals surface area (Å²) in [6.45, 7) is 3.91. The highest BCUT2D eigenvalue weighted by Crippen LogP contribution is 2.36. The highest BCUT2D eigenvalue weighted by Gasteiger charge is 2.33. The number of carbonyl (C=O) groups excluding carboxylic acids is 1. The van der Waals surface area contributed by atoms with Gasteiger partial charge in [0.2, 0.25) is 0 Å². The van der Waals surface area contributed by atoms with Gasteiger partial charge in [0.1, 0.15) is 10.7 Å². The summed E-state index contributed by atoms with van der Waals surface area (Å²) in [7, 11) is 0. The summed E-state index contributed by atoms with van der Waals surface area (Å²) in [6, 6.07) is 8.34. The number of thiazole rings is 1. The van der Waals surface area contributed by atoms with Crippen LogP contribution in [0, 0.1) is 18.8 Å². The van der Waals surface area contributed by atoms with Gasteiger partial charge in [-0.2, -0.15) is 0 Å². The molecule has 0 N–H and O–H groups in total. The maximum atomic E-state index is 12.8. The van der Waals surface area contributed by atoms with Gasteiger partial charge in [-0.3, -0.25) is 4.79 Å². The lowest BCUT2D eigenvalue weighted by Gasteiger charge is -2.41. The van der Waals surface area contributed by atoms with Crippen LogP contribution in [-0.4, -0.2) is 28.9 Å². The van der Waals surface area contributed by atoms with E-state index in [4.69, 9.17) is 0 Å². The van der Waals surface area contributed by atoms with E-state index in [0.717, 1.165) is 29.6 Å². The van der Waals surface area contributed by atoms with Crippen molar-refractivity contribution in [2.75, 3.05) is 13.1 Å². The standard InChI is InChI=1S/C20H24N2OS/c1-14-6-8-16(9-7-14)19-21-18(13-24-19)20(23)22-11-10-15-4-2-3-5-17(15)12-22/h6-9,13,15,17H,2-5,10-12H2,1H3/t15-,17+/m0/s1. The molecule has 1 aromatic carbocycles. The Bertz CT molecular complexity index is 721. The lowest BCUT2D eigenvalue weighted by Crippen LogP contribution is -2.44. The Balaban J connectivity index is 1.48. The molecule has 1 saturated heterocycles. The van der Waals surface area contributed by atoms with Crippen LogP contribution < -0.4 is 0 Å². The van der Waals surface area contributed by atoms with Crippen molar-refractivity contribution >= 4 is 17.2 Å². The van der Waals surface area contributed by atoms with Gasteiger partial charge >= 0.3 is 0 Å². The Kier molecular flexibility index (Phi) is 4.40. The first-order valence-electron chi connectivity index (χ1n) is 9.02. The third-order valence-electron chi connectivity index (χ3n) is 5.60. The molecular weight excluding hydrogens is 316 g/mol. The van der Waals surface area contributed by atoms with Crippen LogP contribution >= 0.6 is 11.3 Å². The van der Waals surface area contributed by atoms with Crippen molar-refractivity contribution in [2.24, 2.45) is 11.8 Å². The zero-order valence-electron chi connectivity index (χ0n) is 14.2. The number of aryl methyl sites for hydroxylation is 1. The molecule has 1 aliphatic heterocycles. The van der Waals surface area contributed by atoms with Gasteiger partial charge in [-0.1, -0.05) is 49.1 Å². The number of fused-ring (bicyclic) bond motifs is 1. The molecule has 0 unspecified atom stereocenters. The maximum absolute atomic E-state index is 12.8. The lowest BCUT2D eigenvalue weighted by molar-refractivity contribution is 0.0516. The molecule has 24 heavy (non-hydrogen) atoms. The Hall–Kier alpha value is -1.68. The van der Waals surface area contributed by atoms with Crippen LogP contribution in [0.15, 0.2) is 29.6 Å². The fourth-order valence-corrected chi connectivity index (χ4v) is 4.95. The average molecular weight is 340 g/mol. The number of aromatic nitrogens is 1. The van der Waals surface area contributed by atoms with Crippen LogP contribution in [0.4, 0.5) is 0 Å². The Labute approximate surface area is 147 Å². The smallest absolute Gasteiger partial charge is 0.273 e. The average Bonchev–Trinajstić information content (AvgIpc) is 3.11. The van der Waals surface area contributed by atoms with Gasteiger partial charge < -0.3 is 4.90 Å². The minimum absolute atomic E-state index is 0.119. The molecule has 2 atom stereocenters. The van der Waals surface area contributed by atoms with Crippen LogP contribution in [0.2, 0.25) is 0 Å². The lowest BCUT2D eigenvalue weighted by atomic mass is 9.75. The summed E-state index contributed by atoms with van der Waals surface area (Å²) >= 11 is 1.56. The predicted octanol–water partition coefficient (Wildman–Crippen LogP) is 4.77. The Morgan fingerprint density at radius 1 is 1.12 bits per heavy atom. The van der Waals surface area contributed by atoms with E-state index in [1.54, 1.807) is 11.3 Å². The minimum atomic E-state index is 0.119. The van der Waals surface area contributed by atoms with Crippen molar-refractivity contribution < 1.29 is 4.79 Å². The van der Waals surface area contributed by atoms with Gasteiger partial charge in [-0.15, -0.1) is 11.3 Å². The van der Waals surface area contributed by atoms with Crippen molar-refractivity contribution in [3.05, 3.63) is 40.9 Å². The van der Waals surface area contributed by atoms with Gasteiger partial charge in [0, 0.05) is 24.0 Å². The highest BCUT2D eigenvalue weighted by atomic mass is 32.1. The van der Waals surface area contributed by atoms with Crippen LogP contribution in [0.5, 0.6) is 0 Å². The molecule has 4 heteroatoms. The van der Waals surface area contributed by atoms with E-state index in [1.807, 2.05) is 10.3 Å². The molecule has 1 amide bonds. The number of hydrogen-bond donors (Lipinski definition) is 0. The summed E-state index contributed by atoms with van der Waals surface area (Å²) in [5.74, 6) is 1.68.